The lowest BCUT2D eigenvalue weighted by Crippen LogP contribution is -2.35. The summed E-state index contributed by atoms with van der Waals surface area (Å²) in [7, 11) is 0. The van der Waals surface area contributed by atoms with Crippen LogP contribution in [0.3, 0.4) is 0 Å². The number of hydrogen-bond donors (Lipinski definition) is 0. The molecule has 126 valence electrons. The smallest absolute Gasteiger partial charge is 0.309 e. The summed E-state index contributed by atoms with van der Waals surface area (Å²) >= 11 is 0. The summed E-state index contributed by atoms with van der Waals surface area (Å²) in [5.74, 6) is -0.405. The molecule has 1 aromatic rings. The lowest BCUT2D eigenvalue weighted by molar-refractivity contribution is -0.156. The molecule has 0 amide bonds. The third kappa shape index (κ3) is 5.08. The van der Waals surface area contributed by atoms with E-state index in [0.717, 1.165) is 32.1 Å². The van der Waals surface area contributed by atoms with Gasteiger partial charge < -0.3 is 9.47 Å². The molecule has 0 bridgehead atoms. The molecule has 4 heteroatoms. The van der Waals surface area contributed by atoms with Crippen molar-refractivity contribution in [3.05, 3.63) is 35.9 Å². The highest BCUT2D eigenvalue weighted by Crippen LogP contribution is 2.39. The Hall–Kier alpha value is -1.84. The number of benzene rings is 1. The van der Waals surface area contributed by atoms with Crippen molar-refractivity contribution in [3.63, 3.8) is 0 Å². The zero-order valence-corrected chi connectivity index (χ0v) is 13.8. The van der Waals surface area contributed by atoms with Crippen molar-refractivity contribution < 1.29 is 19.1 Å². The topological polar surface area (TPSA) is 52.6 Å². The van der Waals surface area contributed by atoms with Crippen LogP contribution in [-0.2, 0) is 25.5 Å². The first-order valence-corrected chi connectivity index (χ1v) is 8.51. The molecular weight excluding hydrogens is 292 g/mol. The number of esters is 1. The van der Waals surface area contributed by atoms with Crippen LogP contribution in [0.1, 0.15) is 51.0 Å². The Balaban J connectivity index is 2.03. The molecule has 1 fully saturated rings. The number of carbonyl (C=O) groups excluding carboxylic acids is 2. The highest BCUT2D eigenvalue weighted by molar-refractivity contribution is 5.72. The van der Waals surface area contributed by atoms with E-state index in [0.29, 0.717) is 25.9 Å². The molecule has 2 rings (SSSR count). The minimum atomic E-state index is -0.476. The minimum Gasteiger partial charge on any atom is -0.466 e. The molecule has 0 saturated heterocycles. The van der Waals surface area contributed by atoms with E-state index in [1.807, 2.05) is 25.1 Å². The van der Waals surface area contributed by atoms with Crippen LogP contribution in [0.2, 0.25) is 0 Å². The van der Waals surface area contributed by atoms with Crippen LogP contribution in [0, 0.1) is 5.92 Å². The predicted octanol–water partition coefficient (Wildman–Crippen LogP) is 3.67. The van der Waals surface area contributed by atoms with Crippen molar-refractivity contribution in [3.8, 4) is 0 Å². The summed E-state index contributed by atoms with van der Waals surface area (Å²) in [6.45, 7) is 2.73. The van der Waals surface area contributed by atoms with Crippen LogP contribution >= 0.6 is 0 Å². The monoisotopic (exact) mass is 318 g/mol. The van der Waals surface area contributed by atoms with Gasteiger partial charge in [0.05, 0.1) is 12.5 Å². The molecule has 0 aliphatic heterocycles. The number of ether oxygens (including phenoxy) is 2. The van der Waals surface area contributed by atoms with Crippen LogP contribution in [-0.4, -0.2) is 24.6 Å². The summed E-state index contributed by atoms with van der Waals surface area (Å²) < 4.78 is 10.7. The lowest BCUT2D eigenvalue weighted by atomic mass is 9.85. The maximum Gasteiger partial charge on any atom is 0.309 e. The zero-order valence-electron chi connectivity index (χ0n) is 13.8. The van der Waals surface area contributed by atoms with Crippen molar-refractivity contribution in [2.45, 2.75) is 57.5 Å². The standard InChI is InChI=1S/C19H26O4/c1-2-22-18(21)17(11-10-16-8-4-3-5-9-16)14-19(23-15-20)12-6-7-13-19/h3-5,8-9,15,17H,2,6-7,10-14H2,1H3. The normalized spacial score (nSPS) is 17.4. The van der Waals surface area contributed by atoms with E-state index in [4.69, 9.17) is 9.47 Å². The summed E-state index contributed by atoms with van der Waals surface area (Å²) in [6.07, 6.45) is 5.87. The number of aryl methyl sites for hydroxylation is 1. The predicted molar refractivity (Wildman–Crippen MR) is 87.9 cm³/mol. The van der Waals surface area contributed by atoms with Crippen molar-refractivity contribution in [1.82, 2.24) is 0 Å². The van der Waals surface area contributed by atoms with Crippen molar-refractivity contribution in [2.75, 3.05) is 6.61 Å². The maximum absolute atomic E-state index is 12.3. The first kappa shape index (κ1) is 17.5. The molecule has 23 heavy (non-hydrogen) atoms. The van der Waals surface area contributed by atoms with Gasteiger partial charge in [0.15, 0.2) is 0 Å². The van der Waals surface area contributed by atoms with Gasteiger partial charge in [-0.2, -0.15) is 0 Å². The van der Waals surface area contributed by atoms with Gasteiger partial charge >= 0.3 is 5.97 Å². The van der Waals surface area contributed by atoms with Crippen LogP contribution in [0.15, 0.2) is 30.3 Å². The Labute approximate surface area is 138 Å². The Kier molecular flexibility index (Phi) is 6.63. The average molecular weight is 318 g/mol. The number of rotatable bonds is 9. The molecule has 0 radical (unpaired) electrons. The minimum absolute atomic E-state index is 0.177. The molecular formula is C19H26O4. The quantitative estimate of drug-likeness (QED) is 0.515. The fourth-order valence-electron chi connectivity index (χ4n) is 3.49. The molecule has 1 atom stereocenters. The SMILES string of the molecule is CCOC(=O)C(CCc1ccccc1)CC1(OC=O)CCCC1. The molecule has 1 saturated carbocycles. The van der Waals surface area contributed by atoms with Gasteiger partial charge in [-0.05, 0) is 51.0 Å². The first-order valence-electron chi connectivity index (χ1n) is 8.51. The summed E-state index contributed by atoms with van der Waals surface area (Å²) in [5.41, 5.74) is 0.731. The highest BCUT2D eigenvalue weighted by atomic mass is 16.5. The van der Waals surface area contributed by atoms with Crippen molar-refractivity contribution in [2.24, 2.45) is 5.92 Å². The Bertz CT molecular complexity index is 491. The van der Waals surface area contributed by atoms with Crippen LogP contribution in [0.5, 0.6) is 0 Å². The van der Waals surface area contributed by atoms with E-state index in [1.165, 1.54) is 5.56 Å². The Morgan fingerprint density at radius 2 is 1.96 bits per heavy atom. The van der Waals surface area contributed by atoms with Crippen LogP contribution < -0.4 is 0 Å². The van der Waals surface area contributed by atoms with Gasteiger partial charge in [0.1, 0.15) is 5.60 Å². The number of carbonyl (C=O) groups is 2. The Morgan fingerprint density at radius 1 is 1.26 bits per heavy atom. The molecule has 0 aromatic heterocycles. The van der Waals surface area contributed by atoms with Gasteiger partial charge in [0.2, 0.25) is 0 Å². The average Bonchev–Trinajstić information content (AvgIpc) is 3.01. The second-order valence-electron chi connectivity index (χ2n) is 6.28. The maximum atomic E-state index is 12.3. The van der Waals surface area contributed by atoms with E-state index in [-0.39, 0.29) is 11.9 Å². The Morgan fingerprint density at radius 3 is 2.57 bits per heavy atom. The third-order valence-electron chi connectivity index (χ3n) is 4.68. The van der Waals surface area contributed by atoms with E-state index < -0.39 is 5.60 Å². The molecule has 1 unspecified atom stereocenters. The first-order chi connectivity index (χ1) is 11.2. The molecule has 1 aliphatic rings. The molecule has 0 heterocycles. The van der Waals surface area contributed by atoms with Gasteiger partial charge in [-0.15, -0.1) is 0 Å². The highest BCUT2D eigenvalue weighted by Gasteiger charge is 2.40. The van der Waals surface area contributed by atoms with Crippen molar-refractivity contribution in [1.29, 1.82) is 0 Å². The largest absolute Gasteiger partial charge is 0.466 e. The van der Waals surface area contributed by atoms with Gasteiger partial charge in [0, 0.05) is 6.42 Å². The fraction of sp³-hybridized carbons (Fsp3) is 0.579. The zero-order chi connectivity index (χ0) is 16.5. The summed E-state index contributed by atoms with van der Waals surface area (Å²) in [5, 5.41) is 0. The van der Waals surface area contributed by atoms with Crippen LogP contribution in [0.25, 0.3) is 0 Å². The van der Waals surface area contributed by atoms with E-state index in [1.54, 1.807) is 0 Å². The van der Waals surface area contributed by atoms with Gasteiger partial charge in [-0.1, -0.05) is 30.3 Å². The lowest BCUT2D eigenvalue weighted by Gasteiger charge is -2.30. The molecule has 0 spiro atoms. The van der Waals surface area contributed by atoms with Gasteiger partial charge in [-0.3, -0.25) is 9.59 Å². The van der Waals surface area contributed by atoms with Gasteiger partial charge in [-0.25, -0.2) is 0 Å². The summed E-state index contributed by atoms with van der Waals surface area (Å²) in [6, 6.07) is 10.1. The fourth-order valence-corrected chi connectivity index (χ4v) is 3.49. The summed E-state index contributed by atoms with van der Waals surface area (Å²) in [4.78, 5) is 23.2. The van der Waals surface area contributed by atoms with Crippen LogP contribution in [0.4, 0.5) is 0 Å². The molecule has 1 aliphatic carbocycles. The van der Waals surface area contributed by atoms with E-state index >= 15 is 0 Å². The second kappa shape index (κ2) is 8.70. The molecule has 1 aromatic carbocycles. The molecule has 4 nitrogen and oxygen atoms in total. The second-order valence-corrected chi connectivity index (χ2v) is 6.28. The van der Waals surface area contributed by atoms with E-state index in [2.05, 4.69) is 12.1 Å². The molecule has 0 N–H and O–H groups in total. The van der Waals surface area contributed by atoms with Crippen molar-refractivity contribution >= 4 is 12.4 Å². The van der Waals surface area contributed by atoms with Gasteiger partial charge in [0.25, 0.3) is 6.47 Å². The van der Waals surface area contributed by atoms with E-state index in [9.17, 15) is 9.59 Å². The third-order valence-corrected chi connectivity index (χ3v) is 4.68. The number of hydrogen-bond acceptors (Lipinski definition) is 4.